The van der Waals surface area contributed by atoms with Gasteiger partial charge >= 0.3 is 5.97 Å². The first kappa shape index (κ1) is 17.9. The lowest BCUT2D eigenvalue weighted by molar-refractivity contribution is 0.0696. The summed E-state index contributed by atoms with van der Waals surface area (Å²) in [6.45, 7) is 5.78. The number of rotatable bonds is 7. The zero-order valence-corrected chi connectivity index (χ0v) is 13.9. The van der Waals surface area contributed by atoms with E-state index in [1.54, 1.807) is 0 Å². The molecule has 2 N–H and O–H groups in total. The maximum Gasteiger partial charge on any atom is 0.336 e. The van der Waals surface area contributed by atoms with Crippen molar-refractivity contribution in [1.82, 2.24) is 4.72 Å². The van der Waals surface area contributed by atoms with Crippen LogP contribution in [0.15, 0.2) is 17.0 Å². The Hall–Kier alpha value is -1.11. The molecule has 0 bridgehead atoms. The second kappa shape index (κ2) is 7.24. The van der Waals surface area contributed by atoms with Crippen LogP contribution in [0.3, 0.4) is 0 Å². The largest absolute Gasteiger partial charge is 0.478 e. The number of sulfonamides is 1. The number of benzene rings is 1. The van der Waals surface area contributed by atoms with E-state index < -0.39 is 16.0 Å². The smallest absolute Gasteiger partial charge is 0.336 e. The van der Waals surface area contributed by atoms with Crippen molar-refractivity contribution in [1.29, 1.82) is 0 Å². The molecule has 0 unspecified atom stereocenters. The molecular weight excluding hydrogens is 314 g/mol. The number of aromatic carboxylic acids is 1. The van der Waals surface area contributed by atoms with Gasteiger partial charge in [-0.2, -0.15) is 0 Å². The fourth-order valence-corrected chi connectivity index (χ4v) is 3.73. The highest BCUT2D eigenvalue weighted by Crippen LogP contribution is 2.24. The zero-order chi connectivity index (χ0) is 16.2. The monoisotopic (exact) mass is 333 g/mol. The summed E-state index contributed by atoms with van der Waals surface area (Å²) in [6.07, 6.45) is 1.74. The van der Waals surface area contributed by atoms with Gasteiger partial charge in [-0.25, -0.2) is 17.9 Å². The Kier molecular flexibility index (Phi) is 6.19. The van der Waals surface area contributed by atoms with Crippen molar-refractivity contribution in [2.75, 3.05) is 6.54 Å². The van der Waals surface area contributed by atoms with E-state index in [4.69, 9.17) is 16.7 Å². The molecule has 0 atom stereocenters. The molecule has 118 valence electrons. The van der Waals surface area contributed by atoms with Crippen molar-refractivity contribution in [3.05, 3.63) is 28.3 Å². The molecule has 5 nitrogen and oxygen atoms in total. The Morgan fingerprint density at radius 3 is 2.38 bits per heavy atom. The summed E-state index contributed by atoms with van der Waals surface area (Å²) in [5.41, 5.74) is 0.0781. The predicted octanol–water partition coefficient (Wildman–Crippen LogP) is 3.06. The summed E-state index contributed by atoms with van der Waals surface area (Å²) < 4.78 is 27.2. The molecular formula is C14H20ClNO4S. The van der Waals surface area contributed by atoms with Crippen molar-refractivity contribution >= 4 is 27.6 Å². The highest BCUT2D eigenvalue weighted by atomic mass is 35.5. The second-order valence-corrected chi connectivity index (χ2v) is 7.09. The number of carboxylic acids is 1. The standard InChI is InChI=1S/C14H20ClNO4S/c1-4-10(5-2)8-16-21(19,20)13-7-11(15)6-12(9(13)3)14(17)18/h6-7,10,16H,4-5,8H2,1-3H3,(H,17,18). The van der Waals surface area contributed by atoms with Crippen LogP contribution in [0.1, 0.15) is 42.6 Å². The van der Waals surface area contributed by atoms with Crippen molar-refractivity contribution in [3.63, 3.8) is 0 Å². The highest BCUT2D eigenvalue weighted by Gasteiger charge is 2.22. The SMILES string of the molecule is CCC(CC)CNS(=O)(=O)c1cc(Cl)cc(C(=O)O)c1C. The minimum absolute atomic E-state index is 0.0842. The first-order chi connectivity index (χ1) is 9.72. The van der Waals surface area contributed by atoms with Gasteiger partial charge in [-0.3, -0.25) is 0 Å². The predicted molar refractivity (Wildman–Crippen MR) is 82.4 cm³/mol. The third kappa shape index (κ3) is 4.43. The summed E-state index contributed by atoms with van der Waals surface area (Å²) >= 11 is 5.83. The number of carbonyl (C=O) groups is 1. The van der Waals surface area contributed by atoms with E-state index in [2.05, 4.69) is 4.72 Å². The van der Waals surface area contributed by atoms with E-state index >= 15 is 0 Å². The molecule has 1 aromatic rings. The molecule has 0 spiro atoms. The molecule has 0 heterocycles. The fraction of sp³-hybridized carbons (Fsp3) is 0.500. The van der Waals surface area contributed by atoms with Gasteiger partial charge in [-0.05, 0) is 30.5 Å². The molecule has 0 radical (unpaired) electrons. The molecule has 1 rings (SSSR count). The number of hydrogen-bond acceptors (Lipinski definition) is 3. The minimum Gasteiger partial charge on any atom is -0.478 e. The number of hydrogen-bond donors (Lipinski definition) is 2. The Balaban J connectivity index is 3.17. The quantitative estimate of drug-likeness (QED) is 0.803. The van der Waals surface area contributed by atoms with Crippen LogP contribution in [0.5, 0.6) is 0 Å². The van der Waals surface area contributed by atoms with Crippen molar-refractivity contribution < 1.29 is 18.3 Å². The Bertz CT molecular complexity index is 624. The summed E-state index contributed by atoms with van der Waals surface area (Å²) in [5.74, 6) is -0.954. The van der Waals surface area contributed by atoms with Crippen molar-refractivity contribution in [3.8, 4) is 0 Å². The summed E-state index contributed by atoms with van der Waals surface area (Å²) in [7, 11) is -3.78. The van der Waals surface area contributed by atoms with Crippen LogP contribution in [0.25, 0.3) is 0 Å². The van der Waals surface area contributed by atoms with Crippen LogP contribution in [0.2, 0.25) is 5.02 Å². The number of carboxylic acid groups (broad SMARTS) is 1. The molecule has 0 aliphatic heterocycles. The van der Waals surface area contributed by atoms with Gasteiger partial charge in [0.05, 0.1) is 10.5 Å². The molecule has 0 aliphatic carbocycles. The van der Waals surface area contributed by atoms with E-state index in [-0.39, 0.29) is 27.0 Å². The summed E-state index contributed by atoms with van der Waals surface area (Å²) in [4.78, 5) is 11.1. The summed E-state index contributed by atoms with van der Waals surface area (Å²) in [6, 6.07) is 2.53. The maximum absolute atomic E-state index is 12.4. The van der Waals surface area contributed by atoms with E-state index in [0.717, 1.165) is 12.8 Å². The minimum atomic E-state index is -3.78. The van der Waals surface area contributed by atoms with Gasteiger partial charge in [0, 0.05) is 11.6 Å². The lowest BCUT2D eigenvalue weighted by Crippen LogP contribution is -2.30. The third-order valence-electron chi connectivity index (χ3n) is 3.56. The molecule has 0 saturated carbocycles. The third-order valence-corrected chi connectivity index (χ3v) is 5.33. The van der Waals surface area contributed by atoms with Crippen LogP contribution in [-0.4, -0.2) is 26.0 Å². The molecule has 1 aromatic carbocycles. The average Bonchev–Trinajstić information content (AvgIpc) is 2.41. The van der Waals surface area contributed by atoms with Crippen LogP contribution in [0, 0.1) is 12.8 Å². The molecule has 0 amide bonds. The Labute approximate surface area is 130 Å². The first-order valence-electron chi connectivity index (χ1n) is 6.76. The number of nitrogens with one attached hydrogen (secondary N) is 1. The van der Waals surface area contributed by atoms with E-state index in [0.29, 0.717) is 6.54 Å². The maximum atomic E-state index is 12.4. The van der Waals surface area contributed by atoms with Crippen LogP contribution >= 0.6 is 11.6 Å². The van der Waals surface area contributed by atoms with Gasteiger partial charge in [0.2, 0.25) is 10.0 Å². The van der Waals surface area contributed by atoms with Gasteiger partial charge in [0.1, 0.15) is 0 Å². The molecule has 0 aliphatic rings. The molecule has 7 heteroatoms. The van der Waals surface area contributed by atoms with Crippen LogP contribution in [0.4, 0.5) is 0 Å². The lowest BCUT2D eigenvalue weighted by atomic mass is 10.0. The number of halogens is 1. The van der Waals surface area contributed by atoms with Gasteiger partial charge in [0.25, 0.3) is 0 Å². The van der Waals surface area contributed by atoms with Gasteiger partial charge in [-0.15, -0.1) is 0 Å². The first-order valence-corrected chi connectivity index (χ1v) is 8.62. The van der Waals surface area contributed by atoms with Crippen molar-refractivity contribution in [2.24, 2.45) is 5.92 Å². The molecule has 21 heavy (non-hydrogen) atoms. The van der Waals surface area contributed by atoms with E-state index in [1.807, 2.05) is 13.8 Å². The van der Waals surface area contributed by atoms with Crippen molar-refractivity contribution in [2.45, 2.75) is 38.5 Å². The van der Waals surface area contributed by atoms with Gasteiger partial charge < -0.3 is 5.11 Å². The lowest BCUT2D eigenvalue weighted by Gasteiger charge is -2.15. The second-order valence-electron chi connectivity index (χ2n) is 4.92. The topological polar surface area (TPSA) is 83.5 Å². The fourth-order valence-electron chi connectivity index (χ4n) is 2.04. The average molecular weight is 334 g/mol. The van der Waals surface area contributed by atoms with Crippen LogP contribution in [-0.2, 0) is 10.0 Å². The van der Waals surface area contributed by atoms with Gasteiger partial charge in [0.15, 0.2) is 0 Å². The molecule has 0 aromatic heterocycles. The Morgan fingerprint density at radius 1 is 1.33 bits per heavy atom. The molecule has 0 saturated heterocycles. The summed E-state index contributed by atoms with van der Waals surface area (Å²) in [5, 5.41) is 9.18. The van der Waals surface area contributed by atoms with E-state index in [1.165, 1.54) is 19.1 Å². The van der Waals surface area contributed by atoms with Crippen LogP contribution < -0.4 is 4.72 Å². The molecule has 0 fully saturated rings. The highest BCUT2D eigenvalue weighted by molar-refractivity contribution is 7.89. The van der Waals surface area contributed by atoms with E-state index in [9.17, 15) is 13.2 Å². The normalized spacial score (nSPS) is 11.9. The Morgan fingerprint density at radius 2 is 1.90 bits per heavy atom. The zero-order valence-electron chi connectivity index (χ0n) is 12.3. The van der Waals surface area contributed by atoms with Gasteiger partial charge in [-0.1, -0.05) is 38.3 Å².